The number of benzene rings is 1. The Kier molecular flexibility index (Phi) is 3.35. The van der Waals surface area contributed by atoms with Crippen molar-refractivity contribution in [2.24, 2.45) is 0 Å². The molecule has 0 amide bonds. The van der Waals surface area contributed by atoms with E-state index < -0.39 is 5.97 Å². The van der Waals surface area contributed by atoms with Crippen LogP contribution in [0.1, 0.15) is 26.3 Å². The molecule has 1 aromatic carbocycles. The quantitative estimate of drug-likeness (QED) is 0.800. The van der Waals surface area contributed by atoms with Gasteiger partial charge in [0.15, 0.2) is 0 Å². The summed E-state index contributed by atoms with van der Waals surface area (Å²) >= 11 is 0. The van der Waals surface area contributed by atoms with Gasteiger partial charge in [0.25, 0.3) is 0 Å². The first-order valence-corrected chi connectivity index (χ1v) is 4.96. The summed E-state index contributed by atoms with van der Waals surface area (Å²) in [4.78, 5) is 10.5. The molecule has 1 aromatic rings. The Morgan fingerprint density at radius 1 is 1.33 bits per heavy atom. The average molecular weight is 207 g/mol. The molecular weight excluding hydrogens is 190 g/mol. The van der Waals surface area contributed by atoms with Crippen LogP contribution in [0.3, 0.4) is 0 Å². The van der Waals surface area contributed by atoms with E-state index in [1.807, 2.05) is 24.3 Å². The first kappa shape index (κ1) is 11.6. The number of hydrogen-bond acceptors (Lipinski definition) is 2. The molecule has 0 aliphatic rings. The van der Waals surface area contributed by atoms with E-state index in [-0.39, 0.29) is 12.0 Å². The molecule has 15 heavy (non-hydrogen) atoms. The molecule has 82 valence electrons. The predicted octanol–water partition coefficient (Wildman–Crippen LogP) is 2.48. The van der Waals surface area contributed by atoms with Gasteiger partial charge in [0.1, 0.15) is 6.54 Å². The van der Waals surface area contributed by atoms with Gasteiger partial charge in [-0.3, -0.25) is 4.79 Å². The van der Waals surface area contributed by atoms with Gasteiger partial charge in [-0.05, 0) is 17.0 Å². The fourth-order valence-corrected chi connectivity index (χ4v) is 1.46. The summed E-state index contributed by atoms with van der Waals surface area (Å²) in [5.74, 6) is -0.848. The Morgan fingerprint density at radius 2 is 1.93 bits per heavy atom. The van der Waals surface area contributed by atoms with Gasteiger partial charge in [0, 0.05) is 5.69 Å². The zero-order chi connectivity index (χ0) is 11.5. The molecule has 0 saturated carbocycles. The molecule has 3 heteroatoms. The molecule has 0 aromatic heterocycles. The smallest absolute Gasteiger partial charge is 0.322 e. The Balaban J connectivity index is 2.92. The molecule has 0 aliphatic heterocycles. The Bertz CT molecular complexity index is 353. The van der Waals surface area contributed by atoms with E-state index in [0.29, 0.717) is 0 Å². The van der Waals surface area contributed by atoms with Crippen LogP contribution in [-0.2, 0) is 10.2 Å². The molecule has 2 N–H and O–H groups in total. The summed E-state index contributed by atoms with van der Waals surface area (Å²) in [6.45, 7) is 6.27. The fourth-order valence-electron chi connectivity index (χ4n) is 1.46. The lowest BCUT2D eigenvalue weighted by Crippen LogP contribution is -2.18. The summed E-state index contributed by atoms with van der Waals surface area (Å²) < 4.78 is 0. The molecule has 0 spiro atoms. The zero-order valence-electron chi connectivity index (χ0n) is 9.37. The minimum Gasteiger partial charge on any atom is -0.480 e. The number of carboxylic acids is 1. The van der Waals surface area contributed by atoms with Gasteiger partial charge in [-0.25, -0.2) is 0 Å². The van der Waals surface area contributed by atoms with Crippen molar-refractivity contribution >= 4 is 11.7 Å². The van der Waals surface area contributed by atoms with Crippen LogP contribution in [-0.4, -0.2) is 17.6 Å². The molecule has 3 nitrogen and oxygen atoms in total. The van der Waals surface area contributed by atoms with Gasteiger partial charge in [-0.2, -0.15) is 0 Å². The van der Waals surface area contributed by atoms with Gasteiger partial charge in [-0.1, -0.05) is 39.0 Å². The van der Waals surface area contributed by atoms with Crippen molar-refractivity contribution in [3.05, 3.63) is 29.8 Å². The SMILES string of the molecule is CC(C)(C)c1ccccc1NCC(=O)O. The summed E-state index contributed by atoms with van der Waals surface area (Å²) in [6.07, 6.45) is 0. The van der Waals surface area contributed by atoms with Gasteiger partial charge in [0.2, 0.25) is 0 Å². The van der Waals surface area contributed by atoms with Crippen LogP contribution in [0.4, 0.5) is 5.69 Å². The molecule has 1 rings (SSSR count). The third-order valence-corrected chi connectivity index (χ3v) is 2.17. The van der Waals surface area contributed by atoms with Crippen LogP contribution < -0.4 is 5.32 Å². The molecular formula is C12H17NO2. The van der Waals surface area contributed by atoms with Crippen LogP contribution in [0.5, 0.6) is 0 Å². The zero-order valence-corrected chi connectivity index (χ0v) is 9.37. The number of hydrogen-bond donors (Lipinski definition) is 2. The number of anilines is 1. The first-order chi connectivity index (χ1) is 6.91. The molecule has 0 unspecified atom stereocenters. The highest BCUT2D eigenvalue weighted by atomic mass is 16.4. The summed E-state index contributed by atoms with van der Waals surface area (Å²) in [5.41, 5.74) is 2.04. The molecule has 0 radical (unpaired) electrons. The third kappa shape index (κ3) is 3.27. The number of rotatable bonds is 3. The number of carbonyl (C=O) groups is 1. The van der Waals surface area contributed by atoms with E-state index in [1.54, 1.807) is 0 Å². The van der Waals surface area contributed by atoms with E-state index in [0.717, 1.165) is 11.3 Å². The van der Waals surface area contributed by atoms with Crippen molar-refractivity contribution < 1.29 is 9.90 Å². The highest BCUT2D eigenvalue weighted by Gasteiger charge is 2.17. The van der Waals surface area contributed by atoms with E-state index in [9.17, 15) is 4.79 Å². The molecule has 0 atom stereocenters. The minimum atomic E-state index is -0.848. The van der Waals surface area contributed by atoms with Crippen molar-refractivity contribution in [2.75, 3.05) is 11.9 Å². The van der Waals surface area contributed by atoms with Crippen molar-refractivity contribution in [2.45, 2.75) is 26.2 Å². The second-order valence-electron chi connectivity index (χ2n) is 4.54. The highest BCUT2D eigenvalue weighted by molar-refractivity contribution is 5.73. The lowest BCUT2D eigenvalue weighted by Gasteiger charge is -2.22. The Labute approximate surface area is 90.1 Å². The van der Waals surface area contributed by atoms with Crippen molar-refractivity contribution in [3.63, 3.8) is 0 Å². The highest BCUT2D eigenvalue weighted by Crippen LogP contribution is 2.28. The van der Waals surface area contributed by atoms with Gasteiger partial charge >= 0.3 is 5.97 Å². The molecule has 0 heterocycles. The lowest BCUT2D eigenvalue weighted by molar-refractivity contribution is -0.134. The standard InChI is InChI=1S/C12H17NO2/c1-12(2,3)9-6-4-5-7-10(9)13-8-11(14)15/h4-7,13H,8H2,1-3H3,(H,14,15). The van der Waals surface area contributed by atoms with Crippen LogP contribution in [0.15, 0.2) is 24.3 Å². The molecule has 0 aliphatic carbocycles. The molecule has 0 fully saturated rings. The summed E-state index contributed by atoms with van der Waals surface area (Å²) in [7, 11) is 0. The van der Waals surface area contributed by atoms with E-state index >= 15 is 0 Å². The van der Waals surface area contributed by atoms with Gasteiger partial charge in [-0.15, -0.1) is 0 Å². The first-order valence-electron chi connectivity index (χ1n) is 4.96. The Morgan fingerprint density at radius 3 is 2.47 bits per heavy atom. The maximum absolute atomic E-state index is 10.5. The maximum Gasteiger partial charge on any atom is 0.322 e. The van der Waals surface area contributed by atoms with Crippen LogP contribution in [0.25, 0.3) is 0 Å². The number of aliphatic carboxylic acids is 1. The molecule has 0 saturated heterocycles. The average Bonchev–Trinajstić information content (AvgIpc) is 2.13. The number of para-hydroxylation sites is 1. The van der Waals surface area contributed by atoms with Gasteiger partial charge < -0.3 is 10.4 Å². The summed E-state index contributed by atoms with van der Waals surface area (Å²) in [5, 5.41) is 11.5. The maximum atomic E-state index is 10.5. The van der Waals surface area contributed by atoms with E-state index in [4.69, 9.17) is 5.11 Å². The second-order valence-corrected chi connectivity index (χ2v) is 4.54. The van der Waals surface area contributed by atoms with Crippen LogP contribution in [0.2, 0.25) is 0 Å². The van der Waals surface area contributed by atoms with E-state index in [2.05, 4.69) is 26.1 Å². The second kappa shape index (κ2) is 4.34. The van der Waals surface area contributed by atoms with Gasteiger partial charge in [0.05, 0.1) is 0 Å². The van der Waals surface area contributed by atoms with Crippen LogP contribution in [0, 0.1) is 0 Å². The van der Waals surface area contributed by atoms with Crippen molar-refractivity contribution in [1.29, 1.82) is 0 Å². The topological polar surface area (TPSA) is 49.3 Å². The Hall–Kier alpha value is -1.51. The van der Waals surface area contributed by atoms with Crippen molar-refractivity contribution in [3.8, 4) is 0 Å². The van der Waals surface area contributed by atoms with Crippen molar-refractivity contribution in [1.82, 2.24) is 0 Å². The number of nitrogens with one attached hydrogen (secondary N) is 1. The normalized spacial score (nSPS) is 11.1. The lowest BCUT2D eigenvalue weighted by atomic mass is 9.86. The van der Waals surface area contributed by atoms with Crippen LogP contribution >= 0.6 is 0 Å². The minimum absolute atomic E-state index is 0.0160. The molecule has 0 bridgehead atoms. The fraction of sp³-hybridized carbons (Fsp3) is 0.417. The predicted molar refractivity (Wildman–Crippen MR) is 61.3 cm³/mol. The van der Waals surface area contributed by atoms with E-state index in [1.165, 1.54) is 0 Å². The summed E-state index contributed by atoms with van der Waals surface area (Å²) in [6, 6.07) is 7.79. The number of carboxylic acid groups (broad SMARTS) is 1. The largest absolute Gasteiger partial charge is 0.480 e. The monoisotopic (exact) mass is 207 g/mol. The third-order valence-electron chi connectivity index (χ3n) is 2.17.